The summed E-state index contributed by atoms with van der Waals surface area (Å²) < 4.78 is -0.631. The fourth-order valence-corrected chi connectivity index (χ4v) is 2.64. The fourth-order valence-electron chi connectivity index (χ4n) is 2.54. The van der Waals surface area contributed by atoms with Crippen molar-refractivity contribution in [2.75, 3.05) is 5.32 Å². The number of nitrogens with one attached hydrogen (secondary N) is 1. The van der Waals surface area contributed by atoms with Gasteiger partial charge in [0.1, 0.15) is 6.10 Å². The Kier molecular flexibility index (Phi) is 3.38. The second-order valence-corrected chi connectivity index (χ2v) is 7.70. The molecule has 0 heterocycles. The van der Waals surface area contributed by atoms with Gasteiger partial charge in [-0.3, -0.25) is 4.79 Å². The van der Waals surface area contributed by atoms with Gasteiger partial charge < -0.3 is 10.4 Å². The average Bonchev–Trinajstić information content (AvgIpc) is 2.72. The van der Waals surface area contributed by atoms with Crippen LogP contribution in [0.15, 0.2) is 42.5 Å². The first-order valence-corrected chi connectivity index (χ1v) is 7.59. The number of aliphatic hydroxyl groups excluding tert-OH is 1. The van der Waals surface area contributed by atoms with Gasteiger partial charge in [0.25, 0.3) is 0 Å². The molecule has 0 saturated carbocycles. The number of carbonyl (C=O) groups excluding carboxylic acids is 1. The van der Waals surface area contributed by atoms with Crippen molar-refractivity contribution in [1.82, 2.24) is 0 Å². The summed E-state index contributed by atoms with van der Waals surface area (Å²) in [6.45, 7) is 3.58. The van der Waals surface area contributed by atoms with Crippen LogP contribution < -0.4 is 5.32 Å². The van der Waals surface area contributed by atoms with Crippen LogP contribution in [0.25, 0.3) is 11.1 Å². The quantitative estimate of drug-likeness (QED) is 0.812. The lowest BCUT2D eigenvalue weighted by molar-refractivity contribution is -0.117. The number of carbonyl (C=O) groups is 1. The van der Waals surface area contributed by atoms with E-state index in [2.05, 4.69) is 21.2 Å². The van der Waals surface area contributed by atoms with Crippen LogP contribution in [0.3, 0.4) is 0 Å². The van der Waals surface area contributed by atoms with Crippen molar-refractivity contribution >= 4 is 27.5 Å². The molecular weight excluding hydrogens is 330 g/mol. The Morgan fingerprint density at radius 2 is 1.81 bits per heavy atom. The zero-order chi connectivity index (χ0) is 15.2. The van der Waals surface area contributed by atoms with Gasteiger partial charge in [-0.15, -0.1) is 0 Å². The lowest BCUT2D eigenvalue weighted by atomic mass is 10.1. The molecule has 2 aromatic carbocycles. The van der Waals surface area contributed by atoms with Crippen molar-refractivity contribution in [3.63, 3.8) is 0 Å². The number of rotatable bonds is 2. The Hall–Kier alpha value is -1.65. The van der Waals surface area contributed by atoms with Gasteiger partial charge in [-0.1, -0.05) is 46.3 Å². The summed E-state index contributed by atoms with van der Waals surface area (Å²) in [5.41, 5.74) is 4.52. The monoisotopic (exact) mass is 345 g/mol. The maximum atomic E-state index is 12.0. The Labute approximate surface area is 132 Å². The van der Waals surface area contributed by atoms with E-state index in [0.29, 0.717) is 5.69 Å². The number of anilines is 1. The first kappa shape index (κ1) is 14.3. The minimum absolute atomic E-state index is 0.118. The van der Waals surface area contributed by atoms with E-state index in [-0.39, 0.29) is 5.91 Å². The van der Waals surface area contributed by atoms with Gasteiger partial charge in [-0.2, -0.15) is 0 Å². The first-order chi connectivity index (χ1) is 9.88. The number of hydrogen-bond acceptors (Lipinski definition) is 2. The van der Waals surface area contributed by atoms with E-state index >= 15 is 0 Å². The normalized spacial score (nSPS) is 16.3. The van der Waals surface area contributed by atoms with Gasteiger partial charge >= 0.3 is 0 Å². The van der Waals surface area contributed by atoms with Crippen LogP contribution in [0.2, 0.25) is 0 Å². The standard InChI is InChI=1S/C17H16BrNO2/c1-17(2,18)16(21)19-10-7-8-12-11-5-3-4-6-13(11)15(20)14(12)9-10/h3-9,15,20H,1-2H3,(H,19,21). The molecule has 1 aliphatic carbocycles. The molecule has 2 aromatic rings. The molecule has 1 unspecified atom stereocenters. The van der Waals surface area contributed by atoms with Crippen molar-refractivity contribution in [2.45, 2.75) is 24.3 Å². The summed E-state index contributed by atoms with van der Waals surface area (Å²) in [4.78, 5) is 12.0. The molecule has 0 bridgehead atoms. The number of aliphatic hydroxyl groups is 1. The van der Waals surface area contributed by atoms with Crippen LogP contribution in [0.1, 0.15) is 31.1 Å². The SMILES string of the molecule is CC(C)(Br)C(=O)Nc1ccc2c(c1)C(O)c1ccccc1-2. The topological polar surface area (TPSA) is 49.3 Å². The highest BCUT2D eigenvalue weighted by Crippen LogP contribution is 2.44. The van der Waals surface area contributed by atoms with Crippen molar-refractivity contribution in [3.8, 4) is 11.1 Å². The summed E-state index contributed by atoms with van der Waals surface area (Å²) in [5, 5.41) is 13.3. The smallest absolute Gasteiger partial charge is 0.240 e. The number of hydrogen-bond donors (Lipinski definition) is 2. The van der Waals surface area contributed by atoms with Gasteiger partial charge in [0.2, 0.25) is 5.91 Å². The molecule has 1 amide bonds. The molecule has 0 aromatic heterocycles. The fraction of sp³-hybridized carbons (Fsp3) is 0.235. The van der Waals surface area contributed by atoms with Crippen molar-refractivity contribution in [2.24, 2.45) is 0 Å². The summed E-state index contributed by atoms with van der Waals surface area (Å²) in [6, 6.07) is 13.5. The molecule has 0 saturated heterocycles. The largest absolute Gasteiger partial charge is 0.384 e. The van der Waals surface area contributed by atoms with E-state index in [0.717, 1.165) is 22.3 Å². The molecule has 1 aliphatic rings. The van der Waals surface area contributed by atoms with Crippen LogP contribution >= 0.6 is 15.9 Å². The number of halogens is 1. The van der Waals surface area contributed by atoms with Crippen LogP contribution in [-0.2, 0) is 4.79 Å². The van der Waals surface area contributed by atoms with Gasteiger partial charge in [0.15, 0.2) is 0 Å². The van der Waals surface area contributed by atoms with E-state index in [1.165, 1.54) is 0 Å². The van der Waals surface area contributed by atoms with E-state index in [4.69, 9.17) is 0 Å². The molecular formula is C17H16BrNO2. The molecule has 0 fully saturated rings. The van der Waals surface area contributed by atoms with Gasteiger partial charge in [-0.25, -0.2) is 0 Å². The minimum atomic E-state index is -0.634. The molecule has 4 heteroatoms. The Bertz CT molecular complexity index is 719. The molecule has 0 aliphatic heterocycles. The molecule has 3 nitrogen and oxygen atoms in total. The van der Waals surface area contributed by atoms with Crippen molar-refractivity contribution < 1.29 is 9.90 Å². The summed E-state index contributed by atoms with van der Waals surface area (Å²) in [7, 11) is 0. The second kappa shape index (κ2) is 4.97. The third-order valence-electron chi connectivity index (χ3n) is 3.69. The molecule has 1 atom stereocenters. The van der Waals surface area contributed by atoms with Crippen LogP contribution in [0.4, 0.5) is 5.69 Å². The molecule has 2 N–H and O–H groups in total. The highest BCUT2D eigenvalue weighted by molar-refractivity contribution is 9.10. The number of fused-ring (bicyclic) bond motifs is 3. The Morgan fingerprint density at radius 3 is 2.52 bits per heavy atom. The summed E-state index contributed by atoms with van der Waals surface area (Å²) in [6.07, 6.45) is -0.634. The second-order valence-electron chi connectivity index (χ2n) is 5.72. The van der Waals surface area contributed by atoms with Crippen molar-refractivity contribution in [3.05, 3.63) is 53.6 Å². The summed E-state index contributed by atoms with van der Waals surface area (Å²) in [5.74, 6) is -0.118. The first-order valence-electron chi connectivity index (χ1n) is 6.79. The zero-order valence-electron chi connectivity index (χ0n) is 11.9. The number of benzene rings is 2. The highest BCUT2D eigenvalue weighted by Gasteiger charge is 2.28. The molecule has 0 spiro atoms. The maximum absolute atomic E-state index is 12.0. The zero-order valence-corrected chi connectivity index (χ0v) is 13.4. The Balaban J connectivity index is 1.96. The van der Waals surface area contributed by atoms with Gasteiger partial charge in [0, 0.05) is 5.69 Å². The molecule has 108 valence electrons. The lowest BCUT2D eigenvalue weighted by Crippen LogP contribution is -2.30. The molecule has 21 heavy (non-hydrogen) atoms. The van der Waals surface area contributed by atoms with E-state index in [1.807, 2.05) is 42.5 Å². The number of alkyl halides is 1. The van der Waals surface area contributed by atoms with Gasteiger partial charge in [-0.05, 0) is 48.2 Å². The Morgan fingerprint density at radius 1 is 1.14 bits per heavy atom. The van der Waals surface area contributed by atoms with Gasteiger partial charge in [0.05, 0.1) is 4.32 Å². The van der Waals surface area contributed by atoms with Crippen LogP contribution in [0.5, 0.6) is 0 Å². The minimum Gasteiger partial charge on any atom is -0.384 e. The predicted octanol–water partition coefficient (Wildman–Crippen LogP) is 3.86. The van der Waals surface area contributed by atoms with E-state index in [9.17, 15) is 9.90 Å². The third kappa shape index (κ3) is 2.49. The van der Waals surface area contributed by atoms with E-state index in [1.54, 1.807) is 13.8 Å². The highest BCUT2D eigenvalue weighted by atomic mass is 79.9. The molecule has 0 radical (unpaired) electrons. The third-order valence-corrected chi connectivity index (χ3v) is 4.05. The maximum Gasteiger partial charge on any atom is 0.240 e. The molecule has 3 rings (SSSR count). The van der Waals surface area contributed by atoms with Crippen LogP contribution in [-0.4, -0.2) is 15.3 Å². The number of amides is 1. The average molecular weight is 346 g/mol. The van der Waals surface area contributed by atoms with Crippen LogP contribution in [0, 0.1) is 0 Å². The lowest BCUT2D eigenvalue weighted by Gasteiger charge is -2.16. The summed E-state index contributed by atoms with van der Waals surface area (Å²) >= 11 is 3.34. The van der Waals surface area contributed by atoms with E-state index < -0.39 is 10.4 Å². The predicted molar refractivity (Wildman–Crippen MR) is 87.6 cm³/mol. The van der Waals surface area contributed by atoms with Crippen molar-refractivity contribution in [1.29, 1.82) is 0 Å².